The molecule has 0 spiro atoms. The number of rotatable bonds is 2. The van der Waals surface area contributed by atoms with Crippen molar-refractivity contribution in [3.63, 3.8) is 0 Å². The summed E-state index contributed by atoms with van der Waals surface area (Å²) in [5, 5.41) is 0. The number of nitrogens with two attached hydrogens (primary N) is 1. The number of amides is 1. The number of ether oxygens (including phenoxy) is 1. The number of aromatic nitrogens is 2. The largest absolute Gasteiger partial charge is 0.368 e. The van der Waals surface area contributed by atoms with Gasteiger partial charge in [-0.25, -0.2) is 13.8 Å². The molecule has 5 nitrogen and oxygen atoms in total. The first-order valence-corrected chi connectivity index (χ1v) is 7.33. The summed E-state index contributed by atoms with van der Waals surface area (Å²) in [4.78, 5) is 19.7. The second-order valence-corrected chi connectivity index (χ2v) is 5.80. The molecule has 118 valence electrons. The van der Waals surface area contributed by atoms with Crippen LogP contribution in [0.3, 0.4) is 0 Å². The van der Waals surface area contributed by atoms with Gasteiger partial charge in [-0.15, -0.1) is 0 Å². The van der Waals surface area contributed by atoms with E-state index in [4.69, 9.17) is 10.5 Å². The number of fused-ring (bicyclic) bond motifs is 4. The molecule has 1 amide bonds. The van der Waals surface area contributed by atoms with Crippen LogP contribution in [0.1, 0.15) is 40.7 Å². The zero-order chi connectivity index (χ0) is 16.1. The summed E-state index contributed by atoms with van der Waals surface area (Å²) < 4.78 is 33.1. The van der Waals surface area contributed by atoms with Gasteiger partial charge >= 0.3 is 0 Å². The van der Waals surface area contributed by atoms with E-state index in [2.05, 4.69) is 9.97 Å². The van der Waals surface area contributed by atoms with Crippen molar-refractivity contribution in [1.29, 1.82) is 0 Å². The van der Waals surface area contributed by atoms with Crippen molar-refractivity contribution in [2.24, 2.45) is 5.73 Å². The average molecular weight is 317 g/mol. The van der Waals surface area contributed by atoms with Crippen molar-refractivity contribution in [2.75, 3.05) is 0 Å². The highest BCUT2D eigenvalue weighted by atomic mass is 19.1. The third-order valence-corrected chi connectivity index (χ3v) is 4.32. The molecule has 7 heteroatoms. The molecule has 2 aromatic heterocycles. The molecule has 0 aromatic carbocycles. The van der Waals surface area contributed by atoms with Gasteiger partial charge in [-0.05, 0) is 24.5 Å². The summed E-state index contributed by atoms with van der Waals surface area (Å²) in [5.41, 5.74) is 7.19. The highest BCUT2D eigenvalue weighted by Crippen LogP contribution is 2.43. The molecule has 0 radical (unpaired) electrons. The van der Waals surface area contributed by atoms with Gasteiger partial charge in [0.1, 0.15) is 23.3 Å². The molecule has 2 aliphatic rings. The van der Waals surface area contributed by atoms with Crippen molar-refractivity contribution < 1.29 is 18.3 Å². The van der Waals surface area contributed by atoms with Crippen LogP contribution in [0, 0.1) is 11.6 Å². The molecule has 1 fully saturated rings. The lowest BCUT2D eigenvalue weighted by Crippen LogP contribution is -2.23. The quantitative estimate of drug-likeness (QED) is 0.922. The first kappa shape index (κ1) is 14.2. The van der Waals surface area contributed by atoms with Crippen LogP contribution >= 0.6 is 0 Å². The van der Waals surface area contributed by atoms with Crippen molar-refractivity contribution >= 4 is 5.91 Å². The van der Waals surface area contributed by atoms with Gasteiger partial charge in [0.25, 0.3) is 5.91 Å². The van der Waals surface area contributed by atoms with Crippen LogP contribution < -0.4 is 5.73 Å². The van der Waals surface area contributed by atoms with E-state index >= 15 is 0 Å². The third-order valence-electron chi connectivity index (χ3n) is 4.32. The lowest BCUT2D eigenvalue weighted by atomic mass is 9.94. The minimum atomic E-state index is -0.785. The zero-order valence-electron chi connectivity index (χ0n) is 12.1. The van der Waals surface area contributed by atoms with Crippen molar-refractivity contribution in [2.45, 2.75) is 31.5 Å². The Hall–Kier alpha value is -2.41. The van der Waals surface area contributed by atoms with E-state index in [-0.39, 0.29) is 23.6 Å². The van der Waals surface area contributed by atoms with Crippen LogP contribution in [0.2, 0.25) is 0 Å². The fourth-order valence-electron chi connectivity index (χ4n) is 3.31. The number of carbonyl (C=O) groups is 1. The van der Waals surface area contributed by atoms with E-state index in [1.54, 1.807) is 0 Å². The number of hydrogen-bond donors (Lipinski definition) is 1. The van der Waals surface area contributed by atoms with Crippen LogP contribution in [-0.4, -0.2) is 22.0 Å². The molecule has 2 aromatic rings. The van der Waals surface area contributed by atoms with Gasteiger partial charge in [0.2, 0.25) is 0 Å². The van der Waals surface area contributed by atoms with Crippen LogP contribution in [0.15, 0.2) is 18.3 Å². The van der Waals surface area contributed by atoms with E-state index < -0.39 is 17.5 Å². The SMILES string of the molecule is NC(=O)c1cc(-c2ncc(F)cc2F)c2c(n1)[C@H]1CC[C@H](C2)O1. The summed E-state index contributed by atoms with van der Waals surface area (Å²) in [6.45, 7) is 0. The van der Waals surface area contributed by atoms with Gasteiger partial charge < -0.3 is 10.5 Å². The zero-order valence-corrected chi connectivity index (χ0v) is 12.1. The van der Waals surface area contributed by atoms with E-state index in [0.717, 1.165) is 30.7 Å². The summed E-state index contributed by atoms with van der Waals surface area (Å²) in [7, 11) is 0. The Bertz CT molecular complexity index is 825. The fraction of sp³-hybridized carbons (Fsp3) is 0.312. The van der Waals surface area contributed by atoms with Gasteiger partial charge in [0, 0.05) is 18.1 Å². The molecule has 0 aliphatic carbocycles. The first-order chi connectivity index (χ1) is 11.0. The Morgan fingerprint density at radius 3 is 2.87 bits per heavy atom. The van der Waals surface area contributed by atoms with Gasteiger partial charge in [0.15, 0.2) is 5.82 Å². The smallest absolute Gasteiger partial charge is 0.267 e. The molecular weight excluding hydrogens is 304 g/mol. The Balaban J connectivity index is 1.97. The van der Waals surface area contributed by atoms with Crippen LogP contribution in [0.25, 0.3) is 11.3 Å². The second kappa shape index (κ2) is 5.06. The van der Waals surface area contributed by atoms with E-state index in [1.807, 2.05) is 0 Å². The summed E-state index contributed by atoms with van der Waals surface area (Å²) in [6.07, 6.45) is 3.02. The standard InChI is InChI=1S/C16H13F2N3O2/c17-7-3-11(18)14(20-6-7)10-5-12(16(19)22)21-15-9(10)4-8-1-2-13(15)23-8/h3,5-6,8,13H,1-2,4H2,(H2,19,22)/t8-,13-/m1/s1. The van der Waals surface area contributed by atoms with Crippen LogP contribution in [0.5, 0.6) is 0 Å². The summed E-state index contributed by atoms with van der Waals surface area (Å²) >= 11 is 0. The van der Waals surface area contributed by atoms with E-state index in [9.17, 15) is 13.6 Å². The van der Waals surface area contributed by atoms with Gasteiger partial charge in [-0.1, -0.05) is 0 Å². The molecule has 0 unspecified atom stereocenters. The lowest BCUT2D eigenvalue weighted by Gasteiger charge is -2.25. The topological polar surface area (TPSA) is 78.1 Å². The number of pyridine rings is 2. The molecule has 2 N–H and O–H groups in total. The number of hydrogen-bond acceptors (Lipinski definition) is 4. The monoisotopic (exact) mass is 317 g/mol. The maximum Gasteiger partial charge on any atom is 0.267 e. The molecule has 0 saturated carbocycles. The molecule has 2 bridgehead atoms. The normalized spacial score (nSPS) is 22.0. The molecule has 23 heavy (non-hydrogen) atoms. The average Bonchev–Trinajstić information content (AvgIpc) is 2.89. The van der Waals surface area contributed by atoms with Crippen molar-refractivity contribution in [3.05, 3.63) is 46.9 Å². The Morgan fingerprint density at radius 1 is 1.30 bits per heavy atom. The van der Waals surface area contributed by atoms with Crippen LogP contribution in [0.4, 0.5) is 8.78 Å². The summed E-state index contributed by atoms with van der Waals surface area (Å²) in [5.74, 6) is -2.25. The second-order valence-electron chi connectivity index (χ2n) is 5.80. The first-order valence-electron chi connectivity index (χ1n) is 7.33. The van der Waals surface area contributed by atoms with Crippen molar-refractivity contribution in [1.82, 2.24) is 9.97 Å². The van der Waals surface area contributed by atoms with Crippen molar-refractivity contribution in [3.8, 4) is 11.3 Å². The Morgan fingerprint density at radius 2 is 2.13 bits per heavy atom. The molecular formula is C16H13F2N3O2. The third kappa shape index (κ3) is 2.28. The Labute approximate surface area is 130 Å². The lowest BCUT2D eigenvalue weighted by molar-refractivity contribution is 0.0295. The van der Waals surface area contributed by atoms with Crippen LogP contribution in [-0.2, 0) is 11.2 Å². The maximum absolute atomic E-state index is 14.2. The van der Waals surface area contributed by atoms with Gasteiger partial charge in [-0.3, -0.25) is 9.78 Å². The van der Waals surface area contributed by atoms with Gasteiger partial charge in [-0.2, -0.15) is 0 Å². The minimum absolute atomic E-state index is 0.00569. The number of nitrogens with zero attached hydrogens (tertiary/aromatic N) is 2. The molecule has 2 atom stereocenters. The number of halogens is 2. The highest BCUT2D eigenvalue weighted by Gasteiger charge is 2.37. The Kier molecular flexibility index (Phi) is 3.12. The molecule has 4 heterocycles. The number of carbonyl (C=O) groups excluding carboxylic acids is 1. The van der Waals surface area contributed by atoms with E-state index in [0.29, 0.717) is 17.7 Å². The molecule has 4 rings (SSSR count). The van der Waals surface area contributed by atoms with Gasteiger partial charge in [0.05, 0.1) is 18.0 Å². The highest BCUT2D eigenvalue weighted by molar-refractivity contribution is 5.92. The predicted octanol–water partition coefficient (Wildman–Crippen LogP) is 2.30. The predicted molar refractivity (Wildman–Crippen MR) is 76.5 cm³/mol. The maximum atomic E-state index is 14.2. The molecule has 1 saturated heterocycles. The summed E-state index contributed by atoms with van der Waals surface area (Å²) in [6, 6.07) is 2.20. The minimum Gasteiger partial charge on any atom is -0.368 e. The number of primary amides is 1. The molecule has 2 aliphatic heterocycles. The van der Waals surface area contributed by atoms with E-state index in [1.165, 1.54) is 6.07 Å². The fourth-order valence-corrected chi connectivity index (χ4v) is 3.31.